The lowest BCUT2D eigenvalue weighted by Gasteiger charge is -2.11. The second-order valence-corrected chi connectivity index (χ2v) is 9.69. The number of anilines is 1. The number of aromatic amines is 1. The maximum absolute atomic E-state index is 13.0. The monoisotopic (exact) mass is 469 g/mol. The number of hydrogen-bond donors (Lipinski definition) is 2. The number of aromatic nitrogens is 5. The van der Waals surface area contributed by atoms with Crippen LogP contribution in [-0.4, -0.2) is 50.1 Å². The van der Waals surface area contributed by atoms with Crippen LogP contribution < -0.4 is 5.32 Å². The highest BCUT2D eigenvalue weighted by atomic mass is 32.2. The Morgan fingerprint density at radius 2 is 2.00 bits per heavy atom. The van der Waals surface area contributed by atoms with Gasteiger partial charge < -0.3 is 9.88 Å². The van der Waals surface area contributed by atoms with Crippen molar-refractivity contribution in [1.82, 2.24) is 30.0 Å². The number of thiazole rings is 1. The third kappa shape index (κ3) is 5.91. The number of carbonyl (C=O) groups excluding carboxylic acids is 1. The fraction of sp³-hybridized carbons (Fsp3) is 0.150. The molecule has 3 heterocycles. The highest BCUT2D eigenvalue weighted by Crippen LogP contribution is 2.33. The molecule has 4 aromatic rings. The van der Waals surface area contributed by atoms with E-state index < -0.39 is 0 Å². The summed E-state index contributed by atoms with van der Waals surface area (Å²) in [5.41, 5.74) is 1.56. The number of pyridine rings is 1. The molecule has 0 aliphatic heterocycles. The Kier molecular flexibility index (Phi) is 6.97. The molecule has 0 saturated heterocycles. The first-order chi connectivity index (χ1) is 15.1. The van der Waals surface area contributed by atoms with Crippen LogP contribution in [0.2, 0.25) is 0 Å². The molecule has 0 atom stereocenters. The topological polar surface area (TPSA) is 99.7 Å². The molecule has 3 aromatic heterocycles. The van der Waals surface area contributed by atoms with Crippen LogP contribution in [0.15, 0.2) is 74.3 Å². The van der Waals surface area contributed by atoms with Crippen molar-refractivity contribution in [2.75, 3.05) is 19.4 Å². The molecule has 0 unspecified atom stereocenters. The summed E-state index contributed by atoms with van der Waals surface area (Å²) in [5.74, 6) is -0.304. The molecule has 2 N–H and O–H groups in total. The Bertz CT molecular complexity index is 1130. The van der Waals surface area contributed by atoms with Crippen molar-refractivity contribution >= 4 is 45.9 Å². The zero-order valence-electron chi connectivity index (χ0n) is 16.8. The van der Waals surface area contributed by atoms with Crippen molar-refractivity contribution in [2.24, 2.45) is 0 Å². The number of benzene rings is 1. The zero-order chi connectivity index (χ0) is 21.6. The highest BCUT2D eigenvalue weighted by molar-refractivity contribution is 7.99. The molecule has 1 aromatic carbocycles. The first-order valence-electron chi connectivity index (χ1n) is 9.24. The molecule has 0 aliphatic carbocycles. The maximum Gasteiger partial charge on any atom is 0.277 e. The first-order valence-corrected chi connectivity index (χ1v) is 11.8. The van der Waals surface area contributed by atoms with Gasteiger partial charge in [0.05, 0.1) is 0 Å². The Hall–Kier alpha value is -2.73. The van der Waals surface area contributed by atoms with Crippen molar-refractivity contribution in [3.8, 4) is 0 Å². The summed E-state index contributed by atoms with van der Waals surface area (Å²) in [7, 11) is 4.08. The van der Waals surface area contributed by atoms with Gasteiger partial charge in [-0.2, -0.15) is 0 Å². The van der Waals surface area contributed by atoms with Gasteiger partial charge in [-0.15, -0.1) is 21.5 Å². The number of nitrogens with one attached hydrogen (secondary N) is 2. The SMILES string of the molecule is CN(C)Cc1ccc(Sc2ccc(Sc3nnc[nH]3)nc2C(=O)Nc2nccs2)cc1. The van der Waals surface area contributed by atoms with Gasteiger partial charge in [-0.25, -0.2) is 9.97 Å². The molecule has 0 spiro atoms. The van der Waals surface area contributed by atoms with Gasteiger partial charge in [0.1, 0.15) is 17.0 Å². The summed E-state index contributed by atoms with van der Waals surface area (Å²) >= 11 is 4.17. The van der Waals surface area contributed by atoms with E-state index in [9.17, 15) is 4.79 Å². The van der Waals surface area contributed by atoms with E-state index in [2.05, 4.69) is 59.6 Å². The van der Waals surface area contributed by atoms with Crippen molar-refractivity contribution < 1.29 is 4.79 Å². The lowest BCUT2D eigenvalue weighted by Crippen LogP contribution is -2.15. The second-order valence-electron chi connectivity index (χ2n) is 6.67. The number of hydrogen-bond acceptors (Lipinski definition) is 9. The van der Waals surface area contributed by atoms with E-state index in [0.29, 0.717) is 21.0 Å². The van der Waals surface area contributed by atoms with Gasteiger partial charge in [-0.05, 0) is 55.7 Å². The minimum Gasteiger partial charge on any atom is -0.322 e. The second kappa shape index (κ2) is 10.1. The highest BCUT2D eigenvalue weighted by Gasteiger charge is 2.18. The summed E-state index contributed by atoms with van der Waals surface area (Å²) in [6.07, 6.45) is 3.15. The van der Waals surface area contributed by atoms with Crippen LogP contribution in [0.1, 0.15) is 16.1 Å². The van der Waals surface area contributed by atoms with Crippen LogP contribution >= 0.6 is 34.9 Å². The number of H-pyrrole nitrogens is 1. The standard InChI is InChI=1S/C20H19N7OS3/c1-27(2)11-13-3-5-14(6-4-13)30-15-7-8-16(31-20-22-12-23-26-20)24-17(15)18(28)25-19-21-9-10-29-19/h3-10,12H,11H2,1-2H3,(H,21,25,28)(H,22,23,26). The van der Waals surface area contributed by atoms with Crippen LogP contribution in [0.3, 0.4) is 0 Å². The average Bonchev–Trinajstić information content (AvgIpc) is 3.44. The molecular weight excluding hydrogens is 450 g/mol. The Labute approximate surface area is 191 Å². The smallest absolute Gasteiger partial charge is 0.277 e. The van der Waals surface area contributed by atoms with Gasteiger partial charge in [-0.3, -0.25) is 10.1 Å². The fourth-order valence-electron chi connectivity index (χ4n) is 2.67. The molecule has 0 fully saturated rings. The lowest BCUT2D eigenvalue weighted by molar-refractivity contribution is 0.101. The van der Waals surface area contributed by atoms with Crippen molar-refractivity contribution in [2.45, 2.75) is 26.5 Å². The third-order valence-electron chi connectivity index (χ3n) is 3.95. The van der Waals surface area contributed by atoms with Crippen molar-refractivity contribution in [1.29, 1.82) is 0 Å². The van der Waals surface area contributed by atoms with Gasteiger partial charge in [0.2, 0.25) is 0 Å². The summed E-state index contributed by atoms with van der Waals surface area (Å²) in [4.78, 5) is 28.5. The Balaban J connectivity index is 1.59. The van der Waals surface area contributed by atoms with Crippen LogP contribution in [0.25, 0.3) is 0 Å². The van der Waals surface area contributed by atoms with E-state index in [0.717, 1.165) is 16.3 Å². The van der Waals surface area contributed by atoms with Gasteiger partial charge >= 0.3 is 0 Å². The van der Waals surface area contributed by atoms with E-state index in [1.807, 2.05) is 31.6 Å². The van der Waals surface area contributed by atoms with Crippen LogP contribution in [0.5, 0.6) is 0 Å². The molecule has 0 saturated carbocycles. The Morgan fingerprint density at radius 3 is 2.68 bits per heavy atom. The van der Waals surface area contributed by atoms with Gasteiger partial charge in [-0.1, -0.05) is 23.9 Å². The summed E-state index contributed by atoms with van der Waals surface area (Å²) < 4.78 is 0. The number of nitrogens with zero attached hydrogens (tertiary/aromatic N) is 5. The summed E-state index contributed by atoms with van der Waals surface area (Å²) in [6.45, 7) is 0.877. The van der Waals surface area contributed by atoms with E-state index >= 15 is 0 Å². The van der Waals surface area contributed by atoms with Crippen molar-refractivity contribution in [3.63, 3.8) is 0 Å². The van der Waals surface area contributed by atoms with Crippen molar-refractivity contribution in [3.05, 3.63) is 65.6 Å². The maximum atomic E-state index is 13.0. The van der Waals surface area contributed by atoms with Crippen LogP contribution in [0.4, 0.5) is 5.13 Å². The Morgan fingerprint density at radius 1 is 1.16 bits per heavy atom. The average molecular weight is 470 g/mol. The molecule has 0 bridgehead atoms. The van der Waals surface area contributed by atoms with E-state index in [1.165, 1.54) is 46.8 Å². The van der Waals surface area contributed by atoms with E-state index in [4.69, 9.17) is 0 Å². The molecule has 8 nitrogen and oxygen atoms in total. The molecule has 158 valence electrons. The number of carbonyl (C=O) groups is 1. The third-order valence-corrected chi connectivity index (χ3v) is 6.52. The van der Waals surface area contributed by atoms with Gasteiger partial charge in [0, 0.05) is 27.9 Å². The van der Waals surface area contributed by atoms with E-state index in [-0.39, 0.29) is 5.91 Å². The fourth-order valence-corrected chi connectivity index (χ4v) is 4.76. The normalized spacial score (nSPS) is 11.1. The summed E-state index contributed by atoms with van der Waals surface area (Å²) in [6, 6.07) is 12.1. The molecular formula is C20H19N7OS3. The predicted octanol–water partition coefficient (Wildman–Crippen LogP) is 4.27. The largest absolute Gasteiger partial charge is 0.322 e. The van der Waals surface area contributed by atoms with E-state index in [1.54, 1.807) is 6.20 Å². The minimum absolute atomic E-state index is 0.304. The molecule has 31 heavy (non-hydrogen) atoms. The lowest BCUT2D eigenvalue weighted by atomic mass is 10.2. The molecule has 0 radical (unpaired) electrons. The molecule has 11 heteroatoms. The molecule has 1 amide bonds. The first kappa shape index (κ1) is 21.5. The molecule has 0 aliphatic rings. The molecule has 4 rings (SSSR count). The zero-order valence-corrected chi connectivity index (χ0v) is 19.2. The van der Waals surface area contributed by atoms with Crippen LogP contribution in [-0.2, 0) is 6.54 Å². The quantitative estimate of drug-likeness (QED) is 0.395. The van der Waals surface area contributed by atoms with Crippen LogP contribution in [0, 0.1) is 0 Å². The summed E-state index contributed by atoms with van der Waals surface area (Å²) in [5, 5.41) is 14.2. The number of rotatable bonds is 8. The predicted molar refractivity (Wildman–Crippen MR) is 123 cm³/mol. The van der Waals surface area contributed by atoms with Gasteiger partial charge in [0.15, 0.2) is 10.3 Å². The number of amides is 1. The van der Waals surface area contributed by atoms with Gasteiger partial charge in [0.25, 0.3) is 5.91 Å². The minimum atomic E-state index is -0.304.